The van der Waals surface area contributed by atoms with E-state index in [2.05, 4.69) is 106 Å². The van der Waals surface area contributed by atoms with Crippen LogP contribution in [0.5, 0.6) is 0 Å². The third-order valence-electron chi connectivity index (χ3n) is 10.6. The maximum absolute atomic E-state index is 12.8. The molecule has 0 radical (unpaired) electrons. The van der Waals surface area contributed by atoms with Crippen molar-refractivity contribution in [1.82, 2.24) is 0 Å². The van der Waals surface area contributed by atoms with Gasteiger partial charge in [-0.05, 0) is 103 Å². The first-order valence-corrected chi connectivity index (χ1v) is 25.6. The van der Waals surface area contributed by atoms with E-state index in [4.69, 9.17) is 14.2 Å². The van der Waals surface area contributed by atoms with Crippen LogP contribution in [0.15, 0.2) is 85.1 Å². The predicted octanol–water partition coefficient (Wildman–Crippen LogP) is 16.8. The molecule has 62 heavy (non-hydrogen) atoms. The van der Waals surface area contributed by atoms with Crippen molar-refractivity contribution in [2.45, 2.75) is 239 Å². The first-order chi connectivity index (χ1) is 30.5. The van der Waals surface area contributed by atoms with Gasteiger partial charge in [0.05, 0.1) is 0 Å². The van der Waals surface area contributed by atoms with Gasteiger partial charge in [0.1, 0.15) is 13.2 Å². The number of hydrogen-bond acceptors (Lipinski definition) is 6. The van der Waals surface area contributed by atoms with Gasteiger partial charge in [-0.2, -0.15) is 0 Å². The SMILES string of the molecule is CC/C=C\C/C=C\C/C=C\CCCCCCCCC(=O)OC(COC(=O)CCC/C=C\C/C=C\C/C=C\CC)COC(=O)CCCCCCCCC/C=C\CCCCCCCC. The molecule has 0 fully saturated rings. The van der Waals surface area contributed by atoms with Crippen LogP contribution in [0.1, 0.15) is 233 Å². The number of allylic oxidation sites excluding steroid dienone is 14. The lowest BCUT2D eigenvalue weighted by Crippen LogP contribution is -2.30. The normalized spacial score (nSPS) is 12.8. The van der Waals surface area contributed by atoms with Crippen LogP contribution in [0.3, 0.4) is 0 Å². The summed E-state index contributed by atoms with van der Waals surface area (Å²) < 4.78 is 16.7. The van der Waals surface area contributed by atoms with Crippen LogP contribution in [-0.4, -0.2) is 37.2 Å². The number of unbranched alkanes of at least 4 members (excludes halogenated alkanes) is 20. The van der Waals surface area contributed by atoms with Crippen LogP contribution in [0.2, 0.25) is 0 Å². The van der Waals surface area contributed by atoms with Crippen LogP contribution in [0, 0.1) is 0 Å². The molecule has 0 aliphatic carbocycles. The number of esters is 3. The Morgan fingerprint density at radius 1 is 0.339 bits per heavy atom. The maximum atomic E-state index is 12.8. The summed E-state index contributed by atoms with van der Waals surface area (Å²) in [6.07, 6.45) is 64.3. The molecule has 0 aliphatic rings. The smallest absolute Gasteiger partial charge is 0.306 e. The molecule has 0 bridgehead atoms. The van der Waals surface area contributed by atoms with Gasteiger partial charge in [-0.1, -0.05) is 196 Å². The quantitative estimate of drug-likeness (QED) is 0.0263. The van der Waals surface area contributed by atoms with E-state index in [-0.39, 0.29) is 37.5 Å². The second kappa shape index (κ2) is 50.2. The predicted molar refractivity (Wildman–Crippen MR) is 265 cm³/mol. The van der Waals surface area contributed by atoms with Gasteiger partial charge in [-0.3, -0.25) is 14.4 Å². The van der Waals surface area contributed by atoms with Gasteiger partial charge in [0.15, 0.2) is 6.10 Å². The molecule has 6 nitrogen and oxygen atoms in total. The zero-order valence-corrected chi connectivity index (χ0v) is 40.4. The Kier molecular flexibility index (Phi) is 47.5. The van der Waals surface area contributed by atoms with Crippen molar-refractivity contribution in [2.75, 3.05) is 13.2 Å². The van der Waals surface area contributed by atoms with Crippen molar-refractivity contribution >= 4 is 17.9 Å². The standard InChI is InChI=1S/C56H94O6/c1-4-7-10-13-16-19-22-24-26-28-30-31-34-37-40-43-46-49-55(58)61-52-53(51-60-54(57)48-45-42-39-36-33-21-18-15-12-9-6-3)62-56(59)50-47-44-41-38-35-32-29-27-25-23-20-17-14-11-8-5-2/h8-9,11-12,17-18,20-21,24-27,36,39,53H,4-7,10,13-16,19,22-23,28-35,37-38,40-52H2,1-3H3/b11-8-,12-9-,20-17-,21-18-,26-24-,27-25-,39-36-. The zero-order valence-electron chi connectivity index (χ0n) is 40.4. The van der Waals surface area contributed by atoms with Gasteiger partial charge < -0.3 is 14.2 Å². The van der Waals surface area contributed by atoms with E-state index in [1.165, 1.54) is 89.9 Å². The minimum absolute atomic E-state index is 0.100. The fourth-order valence-electron chi connectivity index (χ4n) is 6.83. The zero-order chi connectivity index (χ0) is 45.1. The van der Waals surface area contributed by atoms with Crippen LogP contribution in [0.25, 0.3) is 0 Å². The second-order valence-corrected chi connectivity index (χ2v) is 16.7. The molecule has 354 valence electrons. The first-order valence-electron chi connectivity index (χ1n) is 25.6. The molecular weight excluding hydrogens is 769 g/mol. The number of carbonyl (C=O) groups is 3. The molecule has 0 spiro atoms. The minimum atomic E-state index is -0.805. The molecule has 0 amide bonds. The van der Waals surface area contributed by atoms with E-state index in [0.29, 0.717) is 19.3 Å². The highest BCUT2D eigenvalue weighted by atomic mass is 16.6. The Morgan fingerprint density at radius 3 is 1.06 bits per heavy atom. The molecule has 0 heterocycles. The van der Waals surface area contributed by atoms with Gasteiger partial charge in [0.25, 0.3) is 0 Å². The van der Waals surface area contributed by atoms with Gasteiger partial charge in [-0.25, -0.2) is 0 Å². The Bertz CT molecular complexity index is 1220. The van der Waals surface area contributed by atoms with Crippen molar-refractivity contribution in [3.63, 3.8) is 0 Å². The third kappa shape index (κ3) is 47.6. The summed E-state index contributed by atoms with van der Waals surface area (Å²) in [7, 11) is 0. The topological polar surface area (TPSA) is 78.9 Å². The lowest BCUT2D eigenvalue weighted by Gasteiger charge is -2.18. The molecule has 0 aromatic rings. The van der Waals surface area contributed by atoms with Crippen LogP contribution in [0.4, 0.5) is 0 Å². The molecule has 0 rings (SSSR count). The minimum Gasteiger partial charge on any atom is -0.462 e. The Morgan fingerprint density at radius 2 is 0.645 bits per heavy atom. The molecule has 1 atom stereocenters. The monoisotopic (exact) mass is 863 g/mol. The summed E-state index contributed by atoms with van der Waals surface area (Å²) in [5, 5.41) is 0. The van der Waals surface area contributed by atoms with Gasteiger partial charge in [-0.15, -0.1) is 0 Å². The van der Waals surface area contributed by atoms with E-state index in [1.54, 1.807) is 0 Å². The van der Waals surface area contributed by atoms with E-state index >= 15 is 0 Å². The highest BCUT2D eigenvalue weighted by Crippen LogP contribution is 2.14. The summed E-state index contributed by atoms with van der Waals surface area (Å²) >= 11 is 0. The van der Waals surface area contributed by atoms with E-state index in [9.17, 15) is 14.4 Å². The average Bonchev–Trinajstić information content (AvgIpc) is 3.27. The largest absolute Gasteiger partial charge is 0.462 e. The molecule has 0 aromatic heterocycles. The Balaban J connectivity index is 4.43. The summed E-state index contributed by atoms with van der Waals surface area (Å²) in [4.78, 5) is 37.9. The van der Waals surface area contributed by atoms with E-state index in [1.807, 2.05) is 0 Å². The van der Waals surface area contributed by atoms with Crippen molar-refractivity contribution in [3.8, 4) is 0 Å². The number of hydrogen-bond donors (Lipinski definition) is 0. The summed E-state index contributed by atoms with van der Waals surface area (Å²) in [6.45, 7) is 6.34. The number of carbonyl (C=O) groups excluding carboxylic acids is 3. The fourth-order valence-corrected chi connectivity index (χ4v) is 6.83. The van der Waals surface area contributed by atoms with Crippen LogP contribution < -0.4 is 0 Å². The number of rotatable bonds is 45. The van der Waals surface area contributed by atoms with Gasteiger partial charge in [0.2, 0.25) is 0 Å². The van der Waals surface area contributed by atoms with Gasteiger partial charge >= 0.3 is 17.9 Å². The molecular formula is C56H94O6. The summed E-state index contributed by atoms with van der Waals surface area (Å²) in [5.41, 5.74) is 0. The molecule has 0 N–H and O–H groups in total. The Labute approximate surface area is 382 Å². The van der Waals surface area contributed by atoms with Gasteiger partial charge in [0, 0.05) is 19.3 Å². The highest BCUT2D eigenvalue weighted by molar-refractivity contribution is 5.71. The van der Waals surface area contributed by atoms with E-state index < -0.39 is 6.10 Å². The van der Waals surface area contributed by atoms with Crippen molar-refractivity contribution in [3.05, 3.63) is 85.1 Å². The van der Waals surface area contributed by atoms with Crippen molar-refractivity contribution < 1.29 is 28.6 Å². The molecule has 6 heteroatoms. The molecule has 1 unspecified atom stereocenters. The van der Waals surface area contributed by atoms with Crippen LogP contribution >= 0.6 is 0 Å². The Hall–Kier alpha value is -3.41. The van der Waals surface area contributed by atoms with Crippen molar-refractivity contribution in [2.24, 2.45) is 0 Å². The van der Waals surface area contributed by atoms with Crippen molar-refractivity contribution in [1.29, 1.82) is 0 Å². The first kappa shape index (κ1) is 58.6. The maximum Gasteiger partial charge on any atom is 0.306 e. The molecule has 0 aromatic carbocycles. The third-order valence-corrected chi connectivity index (χ3v) is 10.6. The van der Waals surface area contributed by atoms with E-state index in [0.717, 1.165) is 96.3 Å². The fraction of sp³-hybridized carbons (Fsp3) is 0.696. The summed E-state index contributed by atoms with van der Waals surface area (Å²) in [6, 6.07) is 0. The molecule has 0 aliphatic heterocycles. The lowest BCUT2D eigenvalue weighted by atomic mass is 10.1. The second-order valence-electron chi connectivity index (χ2n) is 16.7. The average molecular weight is 863 g/mol. The molecule has 0 saturated heterocycles. The highest BCUT2D eigenvalue weighted by Gasteiger charge is 2.19. The molecule has 0 saturated carbocycles. The lowest BCUT2D eigenvalue weighted by molar-refractivity contribution is -0.167. The summed E-state index contributed by atoms with van der Waals surface area (Å²) in [5.74, 6) is -0.976. The van der Waals surface area contributed by atoms with Crippen LogP contribution in [-0.2, 0) is 28.6 Å². The number of ether oxygens (including phenoxy) is 3.